The average Bonchev–Trinajstić information content (AvgIpc) is 2.15. The van der Waals surface area contributed by atoms with Crippen LogP contribution in [0.25, 0.3) is 0 Å². The Labute approximate surface area is 98.9 Å². The van der Waals surface area contributed by atoms with Gasteiger partial charge in [-0.3, -0.25) is 0 Å². The molecule has 0 heterocycles. The molecule has 0 bridgehead atoms. The lowest BCUT2D eigenvalue weighted by Gasteiger charge is -2.00. The normalized spacial score (nSPS) is 10.4. The fourth-order valence-corrected chi connectivity index (χ4v) is 1.41. The van der Waals surface area contributed by atoms with Crippen LogP contribution in [0.2, 0.25) is 0 Å². The van der Waals surface area contributed by atoms with Gasteiger partial charge in [-0.1, -0.05) is 86.5 Å². The van der Waals surface area contributed by atoms with Gasteiger partial charge >= 0.3 is 0 Å². The molecule has 0 spiro atoms. The second kappa shape index (κ2) is 14.0. The lowest BCUT2D eigenvalue weighted by Crippen LogP contribution is -1.85. The Kier molecular flexibility index (Phi) is 16.2. The van der Waals surface area contributed by atoms with Crippen molar-refractivity contribution >= 4 is 0 Å². The third-order valence-electron chi connectivity index (χ3n) is 2.52. The molecule has 0 rings (SSSR count). The van der Waals surface area contributed by atoms with Crippen LogP contribution >= 0.6 is 0 Å². The summed E-state index contributed by atoms with van der Waals surface area (Å²) in [6.45, 7) is 13.6. The van der Waals surface area contributed by atoms with Gasteiger partial charge in [0.1, 0.15) is 0 Å². The molecule has 15 heavy (non-hydrogen) atoms. The van der Waals surface area contributed by atoms with E-state index in [4.69, 9.17) is 0 Å². The Morgan fingerprint density at radius 1 is 0.600 bits per heavy atom. The molecule has 0 unspecified atom stereocenters. The lowest BCUT2D eigenvalue weighted by atomic mass is 10.1. The minimum absolute atomic E-state index is 0.903. The maximum absolute atomic E-state index is 2.29. The molecule has 0 fully saturated rings. The van der Waals surface area contributed by atoms with Gasteiger partial charge in [0, 0.05) is 0 Å². The summed E-state index contributed by atoms with van der Waals surface area (Å²) in [7, 11) is 0. The summed E-state index contributed by atoms with van der Waals surface area (Å²) in [5.74, 6) is 1.81. The second-order valence-electron chi connectivity index (χ2n) is 5.43. The molecule has 0 N–H and O–H groups in total. The van der Waals surface area contributed by atoms with Gasteiger partial charge in [-0.2, -0.15) is 0 Å². The maximum Gasteiger partial charge on any atom is -0.0471 e. The first-order valence-corrected chi connectivity index (χ1v) is 7.04. The first-order valence-electron chi connectivity index (χ1n) is 7.04. The highest BCUT2D eigenvalue weighted by Crippen LogP contribution is 2.06. The van der Waals surface area contributed by atoms with Crippen LogP contribution in [0.5, 0.6) is 0 Å². The van der Waals surface area contributed by atoms with E-state index in [1.807, 2.05) is 0 Å². The Morgan fingerprint density at radius 3 is 1.27 bits per heavy atom. The summed E-state index contributed by atoms with van der Waals surface area (Å²) in [6.07, 6.45) is 9.75. The first-order chi connectivity index (χ1) is 7.04. The molecule has 0 aromatic carbocycles. The van der Waals surface area contributed by atoms with E-state index in [0.29, 0.717) is 0 Å². The highest BCUT2D eigenvalue weighted by molar-refractivity contribution is 4.44. The standard InChI is InChI=1S/C8H18.C7H16/c1-4-5-6-7-8(2)3;1-4-5-6-7(2)3/h8H,4-7H2,1-3H3;7H,4-6H2,1-3H3. The quantitative estimate of drug-likeness (QED) is 0.452. The molecule has 0 aliphatic rings. The van der Waals surface area contributed by atoms with Crippen molar-refractivity contribution in [3.8, 4) is 0 Å². The van der Waals surface area contributed by atoms with Gasteiger partial charge in [-0.15, -0.1) is 0 Å². The third-order valence-corrected chi connectivity index (χ3v) is 2.52. The van der Waals surface area contributed by atoms with Crippen LogP contribution in [0.1, 0.15) is 86.5 Å². The first kappa shape index (κ1) is 17.4. The summed E-state index contributed by atoms with van der Waals surface area (Å²) in [4.78, 5) is 0. The van der Waals surface area contributed by atoms with E-state index in [1.54, 1.807) is 0 Å². The lowest BCUT2D eigenvalue weighted by molar-refractivity contribution is 0.534. The molecule has 0 amide bonds. The summed E-state index contributed by atoms with van der Waals surface area (Å²) in [5.41, 5.74) is 0. The van der Waals surface area contributed by atoms with Crippen molar-refractivity contribution in [1.29, 1.82) is 0 Å². The van der Waals surface area contributed by atoms with Gasteiger partial charge in [0.05, 0.1) is 0 Å². The van der Waals surface area contributed by atoms with Crippen LogP contribution in [0.3, 0.4) is 0 Å². The summed E-state index contributed by atoms with van der Waals surface area (Å²) < 4.78 is 0. The van der Waals surface area contributed by atoms with Crippen molar-refractivity contribution in [2.75, 3.05) is 0 Å². The van der Waals surface area contributed by atoms with Gasteiger partial charge in [-0.05, 0) is 11.8 Å². The van der Waals surface area contributed by atoms with Crippen LogP contribution in [-0.2, 0) is 0 Å². The minimum atomic E-state index is 0.903. The smallest absolute Gasteiger partial charge is 0.0471 e. The fourth-order valence-electron chi connectivity index (χ4n) is 1.41. The number of hydrogen-bond acceptors (Lipinski definition) is 0. The number of unbranched alkanes of at least 4 members (excludes halogenated alkanes) is 3. The SMILES string of the molecule is CCCCC(C)C.CCCCCC(C)C. The molecule has 0 atom stereocenters. The van der Waals surface area contributed by atoms with Crippen molar-refractivity contribution < 1.29 is 0 Å². The molecule has 0 nitrogen and oxygen atoms in total. The highest BCUT2D eigenvalue weighted by atomic mass is 14.0. The number of hydrogen-bond donors (Lipinski definition) is 0. The number of rotatable bonds is 7. The zero-order valence-corrected chi connectivity index (χ0v) is 12.1. The monoisotopic (exact) mass is 214 g/mol. The van der Waals surface area contributed by atoms with Gasteiger partial charge in [0.15, 0.2) is 0 Å². The molecule has 0 aromatic rings. The summed E-state index contributed by atoms with van der Waals surface area (Å²) in [6, 6.07) is 0. The van der Waals surface area contributed by atoms with Crippen LogP contribution in [-0.4, -0.2) is 0 Å². The molecule has 0 aliphatic heterocycles. The third kappa shape index (κ3) is 24.9. The zero-order chi connectivity index (χ0) is 12.1. The largest absolute Gasteiger partial charge is 0.0654 e. The maximum atomic E-state index is 2.29. The van der Waals surface area contributed by atoms with E-state index < -0.39 is 0 Å². The van der Waals surface area contributed by atoms with Crippen molar-refractivity contribution in [3.63, 3.8) is 0 Å². The van der Waals surface area contributed by atoms with Crippen LogP contribution in [0.15, 0.2) is 0 Å². The minimum Gasteiger partial charge on any atom is -0.0654 e. The van der Waals surface area contributed by atoms with E-state index in [-0.39, 0.29) is 0 Å². The van der Waals surface area contributed by atoms with Gasteiger partial charge < -0.3 is 0 Å². The molecule has 0 radical (unpaired) electrons. The predicted octanol–water partition coefficient (Wildman–Crippen LogP) is 6.06. The predicted molar refractivity (Wildman–Crippen MR) is 73.3 cm³/mol. The highest BCUT2D eigenvalue weighted by Gasteiger charge is 1.90. The van der Waals surface area contributed by atoms with Gasteiger partial charge in [-0.25, -0.2) is 0 Å². The van der Waals surface area contributed by atoms with Gasteiger partial charge in [0.2, 0.25) is 0 Å². The molecule has 0 aliphatic carbocycles. The molecule has 0 heteroatoms. The van der Waals surface area contributed by atoms with Crippen LogP contribution in [0.4, 0.5) is 0 Å². The van der Waals surface area contributed by atoms with E-state index in [0.717, 1.165) is 11.8 Å². The zero-order valence-electron chi connectivity index (χ0n) is 12.1. The molecular formula is C15H34. The molecule has 94 valence electrons. The van der Waals surface area contributed by atoms with E-state index in [1.165, 1.54) is 44.9 Å². The topological polar surface area (TPSA) is 0 Å². The second-order valence-corrected chi connectivity index (χ2v) is 5.43. The van der Waals surface area contributed by atoms with Crippen molar-refractivity contribution in [2.45, 2.75) is 86.5 Å². The van der Waals surface area contributed by atoms with Crippen molar-refractivity contribution in [3.05, 3.63) is 0 Å². The van der Waals surface area contributed by atoms with E-state index in [9.17, 15) is 0 Å². The fraction of sp³-hybridized carbons (Fsp3) is 1.00. The Balaban J connectivity index is 0. The summed E-state index contributed by atoms with van der Waals surface area (Å²) >= 11 is 0. The Bertz CT molecular complexity index is 92.2. The average molecular weight is 214 g/mol. The molecule has 0 aromatic heterocycles. The Hall–Kier alpha value is 0. The van der Waals surface area contributed by atoms with Crippen molar-refractivity contribution in [2.24, 2.45) is 11.8 Å². The van der Waals surface area contributed by atoms with E-state index >= 15 is 0 Å². The van der Waals surface area contributed by atoms with Crippen LogP contribution in [0, 0.1) is 11.8 Å². The van der Waals surface area contributed by atoms with Crippen molar-refractivity contribution in [1.82, 2.24) is 0 Å². The molecular weight excluding hydrogens is 180 g/mol. The van der Waals surface area contributed by atoms with Gasteiger partial charge in [0.25, 0.3) is 0 Å². The summed E-state index contributed by atoms with van der Waals surface area (Å²) in [5, 5.41) is 0. The molecule has 0 saturated carbocycles. The van der Waals surface area contributed by atoms with E-state index in [2.05, 4.69) is 41.5 Å². The molecule has 0 saturated heterocycles. The van der Waals surface area contributed by atoms with Crippen LogP contribution < -0.4 is 0 Å². The Morgan fingerprint density at radius 2 is 1.00 bits per heavy atom.